The molecule has 0 radical (unpaired) electrons. The molecule has 0 saturated heterocycles. The number of benzene rings is 2. The highest BCUT2D eigenvalue weighted by Gasteiger charge is 2.35. The second-order valence-corrected chi connectivity index (χ2v) is 8.89. The van der Waals surface area contributed by atoms with Crippen molar-refractivity contribution in [1.82, 2.24) is 10.6 Å². The van der Waals surface area contributed by atoms with Crippen molar-refractivity contribution < 1.29 is 22.7 Å². The van der Waals surface area contributed by atoms with Crippen molar-refractivity contribution in [3.63, 3.8) is 0 Å². The van der Waals surface area contributed by atoms with Crippen LogP contribution in [0.3, 0.4) is 0 Å². The Morgan fingerprint density at radius 2 is 1.55 bits per heavy atom. The summed E-state index contributed by atoms with van der Waals surface area (Å²) in [7, 11) is -2.58. The van der Waals surface area contributed by atoms with Gasteiger partial charge in [-0.15, -0.1) is 0 Å². The molecule has 0 bridgehead atoms. The predicted molar refractivity (Wildman–Crippen MR) is 108 cm³/mol. The van der Waals surface area contributed by atoms with E-state index in [-0.39, 0.29) is 16.2 Å². The zero-order chi connectivity index (χ0) is 21.2. The smallest absolute Gasteiger partial charge is 0.338 e. The molecule has 7 nitrogen and oxygen atoms in total. The van der Waals surface area contributed by atoms with Gasteiger partial charge < -0.3 is 15.4 Å². The molecule has 1 aliphatic rings. The number of carbonyl (C=O) groups is 2. The summed E-state index contributed by atoms with van der Waals surface area (Å²) in [6.07, 6.45) is 0. The van der Waals surface area contributed by atoms with Crippen molar-refractivity contribution in [2.45, 2.75) is 24.8 Å². The normalized spacial score (nSPS) is 16.8. The monoisotopic (exact) mass is 414 g/mol. The van der Waals surface area contributed by atoms with Crippen LogP contribution in [-0.2, 0) is 19.4 Å². The fourth-order valence-electron chi connectivity index (χ4n) is 3.11. The van der Waals surface area contributed by atoms with Crippen molar-refractivity contribution in [3.05, 3.63) is 76.5 Å². The highest BCUT2D eigenvalue weighted by molar-refractivity contribution is 7.91. The third-order valence-corrected chi connectivity index (χ3v) is 6.34. The Morgan fingerprint density at radius 1 is 1.00 bits per heavy atom. The fraction of sp³-hybridized carbons (Fsp3) is 0.238. The number of carbonyl (C=O) groups excluding carboxylic acids is 2. The minimum absolute atomic E-state index is 0.00625. The second-order valence-electron chi connectivity index (χ2n) is 6.90. The number of aryl methyl sites for hydroxylation is 2. The van der Waals surface area contributed by atoms with Crippen LogP contribution in [0.2, 0.25) is 0 Å². The van der Waals surface area contributed by atoms with Crippen LogP contribution < -0.4 is 10.6 Å². The van der Waals surface area contributed by atoms with Crippen molar-refractivity contribution in [1.29, 1.82) is 0 Å². The minimum atomic E-state index is -3.80. The van der Waals surface area contributed by atoms with Crippen LogP contribution in [0, 0.1) is 13.8 Å². The SMILES string of the molecule is COC(=O)C1=C(CS(=O)(=O)c2ccc(C)cc2)NC(=O)N[C@@H]1c1ccc(C)cc1. The number of hydrogen-bond acceptors (Lipinski definition) is 5. The molecular formula is C21H22N2O5S. The van der Waals surface area contributed by atoms with Gasteiger partial charge in [0.1, 0.15) is 0 Å². The lowest BCUT2D eigenvalue weighted by atomic mass is 9.95. The van der Waals surface area contributed by atoms with Crippen LogP contribution in [0.1, 0.15) is 22.7 Å². The van der Waals surface area contributed by atoms with E-state index < -0.39 is 33.6 Å². The maximum absolute atomic E-state index is 12.9. The number of amides is 2. The number of methoxy groups -OCH3 is 1. The summed E-state index contributed by atoms with van der Waals surface area (Å²) in [5.74, 6) is -1.24. The molecule has 152 valence electrons. The average molecular weight is 414 g/mol. The van der Waals surface area contributed by atoms with Crippen molar-refractivity contribution >= 4 is 21.8 Å². The van der Waals surface area contributed by atoms with E-state index in [0.29, 0.717) is 5.56 Å². The summed E-state index contributed by atoms with van der Waals surface area (Å²) in [6.45, 7) is 3.77. The van der Waals surface area contributed by atoms with Gasteiger partial charge in [-0.2, -0.15) is 0 Å². The molecule has 0 unspecified atom stereocenters. The summed E-state index contributed by atoms with van der Waals surface area (Å²) >= 11 is 0. The van der Waals surface area contributed by atoms with Gasteiger partial charge in [0.05, 0.1) is 29.4 Å². The lowest BCUT2D eigenvalue weighted by Gasteiger charge is -2.29. The van der Waals surface area contributed by atoms with Gasteiger partial charge in [0.25, 0.3) is 0 Å². The van der Waals surface area contributed by atoms with Crippen LogP contribution in [0.5, 0.6) is 0 Å². The van der Waals surface area contributed by atoms with Crippen LogP contribution >= 0.6 is 0 Å². The maximum atomic E-state index is 12.9. The molecule has 0 spiro atoms. The quantitative estimate of drug-likeness (QED) is 0.732. The molecule has 2 aromatic rings. The third kappa shape index (κ3) is 4.48. The van der Waals surface area contributed by atoms with E-state index in [1.54, 1.807) is 24.3 Å². The molecule has 8 heteroatoms. The highest BCUT2D eigenvalue weighted by Crippen LogP contribution is 2.29. The van der Waals surface area contributed by atoms with Crippen LogP contribution in [0.25, 0.3) is 0 Å². The van der Waals surface area contributed by atoms with Gasteiger partial charge in [-0.1, -0.05) is 47.5 Å². The maximum Gasteiger partial charge on any atom is 0.338 e. The molecular weight excluding hydrogens is 392 g/mol. The van der Waals surface area contributed by atoms with E-state index in [4.69, 9.17) is 4.74 Å². The molecule has 0 fully saturated rings. The van der Waals surface area contributed by atoms with Crippen molar-refractivity contribution in [3.8, 4) is 0 Å². The molecule has 1 heterocycles. The van der Waals surface area contributed by atoms with E-state index in [1.807, 2.05) is 26.0 Å². The molecule has 0 aliphatic carbocycles. The zero-order valence-corrected chi connectivity index (χ0v) is 17.2. The Bertz CT molecular complexity index is 1070. The van der Waals surface area contributed by atoms with Gasteiger partial charge in [0, 0.05) is 5.70 Å². The molecule has 3 rings (SSSR count). The molecule has 2 amide bonds. The first kappa shape index (κ1) is 20.6. The Morgan fingerprint density at radius 3 is 2.10 bits per heavy atom. The predicted octanol–water partition coefficient (Wildman–Crippen LogP) is 2.56. The van der Waals surface area contributed by atoms with Gasteiger partial charge in [0.2, 0.25) is 0 Å². The van der Waals surface area contributed by atoms with Crippen molar-refractivity contribution in [2.75, 3.05) is 12.9 Å². The van der Waals surface area contributed by atoms with E-state index in [0.717, 1.165) is 11.1 Å². The third-order valence-electron chi connectivity index (χ3n) is 4.68. The fourth-order valence-corrected chi connectivity index (χ4v) is 4.44. The summed E-state index contributed by atoms with van der Waals surface area (Å²) in [5, 5.41) is 5.16. The van der Waals surface area contributed by atoms with E-state index in [1.165, 1.54) is 19.2 Å². The van der Waals surface area contributed by atoms with Crippen LogP contribution in [0.15, 0.2) is 64.7 Å². The molecule has 2 aromatic carbocycles. The molecule has 2 N–H and O–H groups in total. The minimum Gasteiger partial charge on any atom is -0.466 e. The molecule has 0 aromatic heterocycles. The second kappa shape index (κ2) is 8.08. The van der Waals surface area contributed by atoms with Gasteiger partial charge >= 0.3 is 12.0 Å². The lowest BCUT2D eigenvalue weighted by molar-refractivity contribution is -0.136. The molecule has 1 atom stereocenters. The largest absolute Gasteiger partial charge is 0.466 e. The number of sulfone groups is 1. The van der Waals surface area contributed by atoms with E-state index >= 15 is 0 Å². The van der Waals surface area contributed by atoms with Crippen molar-refractivity contribution in [2.24, 2.45) is 0 Å². The van der Waals surface area contributed by atoms with E-state index in [2.05, 4.69) is 10.6 Å². The lowest BCUT2D eigenvalue weighted by Crippen LogP contribution is -2.47. The summed E-state index contributed by atoms with van der Waals surface area (Å²) in [5.41, 5.74) is 2.65. The summed E-state index contributed by atoms with van der Waals surface area (Å²) < 4.78 is 30.7. The number of nitrogens with one attached hydrogen (secondary N) is 2. The Hall–Kier alpha value is -3.13. The number of rotatable bonds is 5. The Kier molecular flexibility index (Phi) is 5.74. The first-order valence-electron chi connectivity index (χ1n) is 8.96. The highest BCUT2D eigenvalue weighted by atomic mass is 32.2. The molecule has 29 heavy (non-hydrogen) atoms. The Balaban J connectivity index is 2.08. The first-order valence-corrected chi connectivity index (χ1v) is 10.6. The number of hydrogen-bond donors (Lipinski definition) is 2. The average Bonchev–Trinajstić information content (AvgIpc) is 2.67. The summed E-state index contributed by atoms with van der Waals surface area (Å²) in [6, 6.07) is 12.2. The number of urea groups is 1. The van der Waals surface area contributed by atoms with Gasteiger partial charge in [0.15, 0.2) is 9.84 Å². The number of ether oxygens (including phenoxy) is 1. The zero-order valence-electron chi connectivity index (χ0n) is 16.4. The van der Waals surface area contributed by atoms with Gasteiger partial charge in [-0.25, -0.2) is 18.0 Å². The summed E-state index contributed by atoms with van der Waals surface area (Å²) in [4.78, 5) is 24.9. The standard InChI is InChI=1S/C21H22N2O5S/c1-13-4-8-15(9-5-13)19-18(20(24)28-3)17(22-21(25)23-19)12-29(26,27)16-10-6-14(2)7-11-16/h4-11,19H,12H2,1-3H3,(H2,22,23,25)/t19-/m1/s1. The molecule has 0 saturated carbocycles. The van der Waals surface area contributed by atoms with Gasteiger partial charge in [-0.05, 0) is 31.5 Å². The topological polar surface area (TPSA) is 102 Å². The molecule has 1 aliphatic heterocycles. The van der Waals surface area contributed by atoms with E-state index in [9.17, 15) is 18.0 Å². The van der Waals surface area contributed by atoms with Crippen LogP contribution in [0.4, 0.5) is 4.79 Å². The first-order chi connectivity index (χ1) is 13.7. The Labute approximate surface area is 169 Å². The van der Waals surface area contributed by atoms with Gasteiger partial charge in [-0.3, -0.25) is 0 Å². The van der Waals surface area contributed by atoms with Crippen LogP contribution in [-0.4, -0.2) is 33.3 Å². The number of esters is 1.